The second kappa shape index (κ2) is 12.7. The van der Waals surface area contributed by atoms with Crippen molar-refractivity contribution in [3.05, 3.63) is 66.5 Å². The average molecular weight is 260 g/mol. The van der Waals surface area contributed by atoms with Gasteiger partial charge >= 0.3 is 0 Å². The van der Waals surface area contributed by atoms with Gasteiger partial charge in [-0.05, 0) is 12.5 Å². The zero-order valence-corrected chi connectivity index (χ0v) is 13.3. The van der Waals surface area contributed by atoms with Gasteiger partial charge in [0.2, 0.25) is 0 Å². The van der Waals surface area contributed by atoms with Crippen LogP contribution in [0.5, 0.6) is 0 Å². The van der Waals surface area contributed by atoms with Crippen LogP contribution in [-0.2, 0) is 4.74 Å². The minimum absolute atomic E-state index is 0.652. The first kappa shape index (κ1) is 19.6. The van der Waals surface area contributed by atoms with Gasteiger partial charge in [-0.1, -0.05) is 82.8 Å². The van der Waals surface area contributed by atoms with Crippen molar-refractivity contribution >= 4 is 5.57 Å². The van der Waals surface area contributed by atoms with E-state index in [1.54, 1.807) is 13.2 Å². The van der Waals surface area contributed by atoms with Crippen LogP contribution in [0.3, 0.4) is 0 Å². The van der Waals surface area contributed by atoms with Gasteiger partial charge in [-0.15, -0.1) is 0 Å². The minimum Gasteiger partial charge on any atom is -0.497 e. The van der Waals surface area contributed by atoms with E-state index in [9.17, 15) is 0 Å². The Kier molecular flexibility index (Phi) is 13.1. The summed E-state index contributed by atoms with van der Waals surface area (Å²) in [6.45, 7) is 17.6. The van der Waals surface area contributed by atoms with Crippen LogP contribution < -0.4 is 0 Å². The first-order chi connectivity index (χ1) is 9.19. The van der Waals surface area contributed by atoms with Gasteiger partial charge in [0.1, 0.15) is 5.76 Å². The molecular formula is C18H28O. The molecule has 0 atom stereocenters. The zero-order chi connectivity index (χ0) is 15.3. The van der Waals surface area contributed by atoms with E-state index in [0.717, 1.165) is 11.1 Å². The van der Waals surface area contributed by atoms with E-state index in [2.05, 4.69) is 44.3 Å². The summed E-state index contributed by atoms with van der Waals surface area (Å²) < 4.78 is 5.14. The molecule has 0 saturated heterocycles. The van der Waals surface area contributed by atoms with Crippen molar-refractivity contribution in [1.29, 1.82) is 0 Å². The summed E-state index contributed by atoms with van der Waals surface area (Å²) in [4.78, 5) is 0. The molecule has 0 aliphatic carbocycles. The second-order valence-electron chi connectivity index (χ2n) is 3.31. The third kappa shape index (κ3) is 7.30. The molecule has 0 N–H and O–H groups in total. The molecule has 0 bridgehead atoms. The van der Waals surface area contributed by atoms with Gasteiger partial charge in [0.05, 0.1) is 7.11 Å². The number of hydrogen-bond acceptors (Lipinski definition) is 1. The molecule has 0 saturated carbocycles. The highest BCUT2D eigenvalue weighted by molar-refractivity contribution is 5.77. The van der Waals surface area contributed by atoms with Crippen LogP contribution in [0.15, 0.2) is 55.3 Å². The minimum atomic E-state index is 0.652. The van der Waals surface area contributed by atoms with Gasteiger partial charge in [0.25, 0.3) is 0 Å². The van der Waals surface area contributed by atoms with Crippen LogP contribution in [-0.4, -0.2) is 7.11 Å². The standard InChI is InChI=1S/C14H16O.2C2H6/c1-5-6-14(12(3)15-4)13-9-7-11(2)8-10-13;2*1-2/h5-10H,1,3H2,2,4H3;2*1-2H3/b14-6+;;. The quantitative estimate of drug-likeness (QED) is 0.492. The molecule has 0 aliphatic rings. The highest BCUT2D eigenvalue weighted by Crippen LogP contribution is 2.22. The molecule has 1 heteroatoms. The molecule has 1 rings (SSSR count). The van der Waals surface area contributed by atoms with Gasteiger partial charge in [-0.3, -0.25) is 0 Å². The topological polar surface area (TPSA) is 9.23 Å². The lowest BCUT2D eigenvalue weighted by atomic mass is 10.0. The lowest BCUT2D eigenvalue weighted by Crippen LogP contribution is -1.91. The van der Waals surface area contributed by atoms with E-state index in [-0.39, 0.29) is 0 Å². The molecule has 0 spiro atoms. The fourth-order valence-corrected chi connectivity index (χ4v) is 1.31. The molecular weight excluding hydrogens is 232 g/mol. The molecule has 19 heavy (non-hydrogen) atoms. The third-order valence-corrected chi connectivity index (χ3v) is 2.19. The van der Waals surface area contributed by atoms with Crippen LogP contribution in [0.4, 0.5) is 0 Å². The van der Waals surface area contributed by atoms with Crippen LogP contribution in [0.25, 0.3) is 5.57 Å². The number of rotatable bonds is 4. The molecule has 1 nitrogen and oxygen atoms in total. The summed E-state index contributed by atoms with van der Waals surface area (Å²) in [5.74, 6) is 0.652. The smallest absolute Gasteiger partial charge is 0.119 e. The Morgan fingerprint density at radius 1 is 1.05 bits per heavy atom. The monoisotopic (exact) mass is 260 g/mol. The fraction of sp³-hybridized carbons (Fsp3) is 0.333. The summed E-state index contributed by atoms with van der Waals surface area (Å²) in [6.07, 6.45) is 3.63. The molecule has 0 amide bonds. The number of benzene rings is 1. The predicted octanol–water partition coefficient (Wildman–Crippen LogP) is 5.78. The van der Waals surface area contributed by atoms with Crippen molar-refractivity contribution in [3.8, 4) is 0 Å². The maximum atomic E-state index is 5.14. The molecule has 106 valence electrons. The highest BCUT2D eigenvalue weighted by atomic mass is 16.5. The summed E-state index contributed by atoms with van der Waals surface area (Å²) in [5.41, 5.74) is 3.29. The summed E-state index contributed by atoms with van der Waals surface area (Å²) in [7, 11) is 1.62. The molecule has 1 aromatic carbocycles. The Labute approximate surface area is 119 Å². The number of ether oxygens (including phenoxy) is 1. The van der Waals surface area contributed by atoms with E-state index < -0.39 is 0 Å². The van der Waals surface area contributed by atoms with Gasteiger partial charge in [-0.2, -0.15) is 0 Å². The van der Waals surface area contributed by atoms with Crippen LogP contribution in [0.2, 0.25) is 0 Å². The van der Waals surface area contributed by atoms with Crippen molar-refractivity contribution < 1.29 is 4.74 Å². The summed E-state index contributed by atoms with van der Waals surface area (Å²) >= 11 is 0. The lowest BCUT2D eigenvalue weighted by molar-refractivity contribution is 0.313. The zero-order valence-electron chi connectivity index (χ0n) is 13.3. The van der Waals surface area contributed by atoms with Gasteiger partial charge < -0.3 is 4.74 Å². The van der Waals surface area contributed by atoms with E-state index in [1.807, 2.05) is 33.8 Å². The van der Waals surface area contributed by atoms with E-state index in [1.165, 1.54) is 5.56 Å². The Hall–Kier alpha value is -1.76. The first-order valence-corrected chi connectivity index (χ1v) is 6.82. The molecule has 0 aromatic heterocycles. The van der Waals surface area contributed by atoms with Crippen molar-refractivity contribution in [2.24, 2.45) is 0 Å². The number of methoxy groups -OCH3 is 1. The van der Waals surface area contributed by atoms with Crippen LogP contribution >= 0.6 is 0 Å². The normalized spacial score (nSPS) is 9.26. The summed E-state index contributed by atoms with van der Waals surface area (Å²) in [6, 6.07) is 8.23. The number of hydrogen-bond donors (Lipinski definition) is 0. The number of aryl methyl sites for hydroxylation is 1. The van der Waals surface area contributed by atoms with E-state index in [4.69, 9.17) is 4.74 Å². The van der Waals surface area contributed by atoms with E-state index >= 15 is 0 Å². The molecule has 0 fully saturated rings. The predicted molar refractivity (Wildman–Crippen MR) is 88.2 cm³/mol. The van der Waals surface area contributed by atoms with Crippen molar-refractivity contribution in [3.63, 3.8) is 0 Å². The molecule has 1 aromatic rings. The maximum Gasteiger partial charge on any atom is 0.119 e. The van der Waals surface area contributed by atoms with Gasteiger partial charge in [0.15, 0.2) is 0 Å². The number of allylic oxidation sites excluding steroid dienone is 3. The second-order valence-corrected chi connectivity index (χ2v) is 3.31. The summed E-state index contributed by atoms with van der Waals surface area (Å²) in [5, 5.41) is 0. The Balaban J connectivity index is 0. The van der Waals surface area contributed by atoms with Crippen molar-refractivity contribution in [2.75, 3.05) is 7.11 Å². The van der Waals surface area contributed by atoms with E-state index in [0.29, 0.717) is 5.76 Å². The molecule has 0 radical (unpaired) electrons. The third-order valence-electron chi connectivity index (χ3n) is 2.19. The maximum absolute atomic E-state index is 5.14. The average Bonchev–Trinajstić information content (AvgIpc) is 2.49. The fourth-order valence-electron chi connectivity index (χ4n) is 1.31. The van der Waals surface area contributed by atoms with Crippen molar-refractivity contribution in [1.82, 2.24) is 0 Å². The molecule has 0 heterocycles. The first-order valence-electron chi connectivity index (χ1n) is 6.82. The van der Waals surface area contributed by atoms with Crippen LogP contribution in [0, 0.1) is 6.92 Å². The van der Waals surface area contributed by atoms with Crippen LogP contribution in [0.1, 0.15) is 38.8 Å². The SMILES string of the molecule is C=C/C=C(\C(=C)OC)c1ccc(C)cc1.CC.CC. The largest absolute Gasteiger partial charge is 0.497 e. The van der Waals surface area contributed by atoms with Gasteiger partial charge in [-0.25, -0.2) is 0 Å². The molecule has 0 aliphatic heterocycles. The van der Waals surface area contributed by atoms with Gasteiger partial charge in [0, 0.05) is 5.57 Å². The Bertz CT molecular complexity index is 383. The van der Waals surface area contributed by atoms with Crippen molar-refractivity contribution in [2.45, 2.75) is 34.6 Å². The Morgan fingerprint density at radius 2 is 1.53 bits per heavy atom. The Morgan fingerprint density at radius 3 is 1.89 bits per heavy atom. The highest BCUT2D eigenvalue weighted by Gasteiger charge is 2.04. The molecule has 0 unspecified atom stereocenters. The lowest BCUT2D eigenvalue weighted by Gasteiger charge is -2.09.